The summed E-state index contributed by atoms with van der Waals surface area (Å²) in [6.07, 6.45) is 3.31. The molecule has 18 heavy (non-hydrogen) atoms. The zero-order valence-corrected chi connectivity index (χ0v) is 11.9. The normalized spacial score (nSPS) is 11.3. The van der Waals surface area contributed by atoms with Crippen molar-refractivity contribution in [1.82, 2.24) is 4.90 Å². The van der Waals surface area contributed by atoms with Gasteiger partial charge in [-0.25, -0.2) is 0 Å². The molecule has 0 rings (SSSR count). The van der Waals surface area contributed by atoms with Gasteiger partial charge in [-0.2, -0.15) is 0 Å². The van der Waals surface area contributed by atoms with E-state index < -0.39 is 11.3 Å². The van der Waals surface area contributed by atoms with Crippen molar-refractivity contribution in [2.45, 2.75) is 46.5 Å². The highest BCUT2D eigenvalue weighted by Crippen LogP contribution is 2.31. The predicted octanol–water partition coefficient (Wildman–Crippen LogP) is 0.866. The van der Waals surface area contributed by atoms with Crippen molar-refractivity contribution in [3.05, 3.63) is 0 Å². The van der Waals surface area contributed by atoms with E-state index >= 15 is 0 Å². The van der Waals surface area contributed by atoms with Gasteiger partial charge >= 0.3 is 0 Å². The first-order chi connectivity index (χ1) is 8.47. The quantitative estimate of drug-likeness (QED) is 0.642. The van der Waals surface area contributed by atoms with Gasteiger partial charge in [-0.3, -0.25) is 9.59 Å². The van der Waals surface area contributed by atoms with Crippen LogP contribution >= 0.6 is 0 Å². The van der Waals surface area contributed by atoms with Crippen LogP contribution in [0, 0.1) is 5.41 Å². The average Bonchev–Trinajstić information content (AvgIpc) is 2.34. The number of hydrogen-bond acceptors (Lipinski definition) is 3. The number of rotatable bonds is 9. The molecule has 0 radical (unpaired) electrons. The summed E-state index contributed by atoms with van der Waals surface area (Å²) in [6.45, 7) is 6.71. The molecule has 0 unspecified atom stereocenters. The Balaban J connectivity index is 5.06. The molecule has 0 heterocycles. The molecule has 0 aliphatic carbocycles. The second-order valence-corrected chi connectivity index (χ2v) is 4.77. The summed E-state index contributed by atoms with van der Waals surface area (Å²) in [4.78, 5) is 25.1. The summed E-state index contributed by atoms with van der Waals surface area (Å²) in [7, 11) is 0. The maximum Gasteiger partial charge on any atom is 0.237 e. The molecule has 0 aromatic heterocycles. The number of carbonyl (C=O) groups is 2. The average molecular weight is 257 g/mol. The van der Waals surface area contributed by atoms with Crippen LogP contribution in [0.5, 0.6) is 0 Å². The molecule has 5 heteroatoms. The van der Waals surface area contributed by atoms with Crippen LogP contribution in [-0.2, 0) is 9.59 Å². The van der Waals surface area contributed by atoms with Crippen LogP contribution in [0.4, 0.5) is 0 Å². The van der Waals surface area contributed by atoms with E-state index in [2.05, 4.69) is 0 Å². The largest absolute Gasteiger partial charge is 0.368 e. The summed E-state index contributed by atoms with van der Waals surface area (Å²) >= 11 is 0. The Morgan fingerprint density at radius 2 is 1.61 bits per heavy atom. The second-order valence-electron chi connectivity index (χ2n) is 4.77. The smallest absolute Gasteiger partial charge is 0.237 e. The molecule has 0 spiro atoms. The maximum absolute atomic E-state index is 12.6. The van der Waals surface area contributed by atoms with Gasteiger partial charge in [0.15, 0.2) is 0 Å². The number of primary amides is 1. The summed E-state index contributed by atoms with van der Waals surface area (Å²) in [5, 5.41) is 0. The van der Waals surface area contributed by atoms with Gasteiger partial charge in [-0.1, -0.05) is 26.7 Å². The minimum Gasteiger partial charge on any atom is -0.368 e. The number of nitrogens with two attached hydrogens (primary N) is 2. The number of carbonyl (C=O) groups excluding carboxylic acids is 2. The van der Waals surface area contributed by atoms with E-state index in [1.807, 2.05) is 20.8 Å². The van der Waals surface area contributed by atoms with Gasteiger partial charge in [0.25, 0.3) is 0 Å². The van der Waals surface area contributed by atoms with Crippen molar-refractivity contribution in [1.29, 1.82) is 0 Å². The van der Waals surface area contributed by atoms with Crippen LogP contribution in [0.3, 0.4) is 0 Å². The maximum atomic E-state index is 12.6. The number of amides is 2. The third kappa shape index (κ3) is 4.29. The highest BCUT2D eigenvalue weighted by Gasteiger charge is 2.38. The summed E-state index contributed by atoms with van der Waals surface area (Å²) in [5.41, 5.74) is 10.5. The lowest BCUT2D eigenvalue weighted by atomic mass is 9.78. The number of likely N-dealkylation sites (N-methyl/N-ethyl adjacent to an activating group) is 1. The molecule has 5 nitrogen and oxygen atoms in total. The van der Waals surface area contributed by atoms with Crippen molar-refractivity contribution < 1.29 is 9.59 Å². The van der Waals surface area contributed by atoms with Crippen LogP contribution in [-0.4, -0.2) is 36.3 Å². The van der Waals surface area contributed by atoms with Crippen molar-refractivity contribution in [2.75, 3.05) is 19.6 Å². The van der Waals surface area contributed by atoms with E-state index in [-0.39, 0.29) is 12.5 Å². The molecule has 4 N–H and O–H groups in total. The van der Waals surface area contributed by atoms with Crippen molar-refractivity contribution in [3.8, 4) is 0 Å². The van der Waals surface area contributed by atoms with Gasteiger partial charge in [0.1, 0.15) is 0 Å². The van der Waals surface area contributed by atoms with E-state index in [9.17, 15) is 9.59 Å². The Labute approximate surface area is 110 Å². The number of hydrogen-bond donors (Lipinski definition) is 2. The first-order valence-corrected chi connectivity index (χ1v) is 6.75. The lowest BCUT2D eigenvalue weighted by molar-refractivity contribution is -0.144. The molecule has 0 aromatic rings. The Morgan fingerprint density at radius 1 is 1.11 bits per heavy atom. The molecular formula is C13H27N3O2. The summed E-state index contributed by atoms with van der Waals surface area (Å²) < 4.78 is 0. The molecule has 0 saturated carbocycles. The Morgan fingerprint density at radius 3 is 1.89 bits per heavy atom. The zero-order chi connectivity index (χ0) is 14.2. The van der Waals surface area contributed by atoms with Crippen molar-refractivity contribution in [2.24, 2.45) is 16.9 Å². The molecule has 2 amide bonds. The lowest BCUT2D eigenvalue weighted by Gasteiger charge is -2.35. The van der Waals surface area contributed by atoms with E-state index in [1.54, 1.807) is 0 Å². The van der Waals surface area contributed by atoms with Crippen molar-refractivity contribution >= 4 is 11.8 Å². The molecular weight excluding hydrogens is 230 g/mol. The Kier molecular flexibility index (Phi) is 7.59. The molecule has 0 aromatic carbocycles. The molecule has 0 bridgehead atoms. The minimum atomic E-state index is -0.533. The van der Waals surface area contributed by atoms with E-state index in [1.165, 1.54) is 4.90 Å². The first kappa shape index (κ1) is 16.9. The van der Waals surface area contributed by atoms with Crippen LogP contribution in [0.25, 0.3) is 0 Å². The van der Waals surface area contributed by atoms with E-state index in [0.717, 1.165) is 25.7 Å². The van der Waals surface area contributed by atoms with Crippen LogP contribution in [0.2, 0.25) is 0 Å². The Hall–Kier alpha value is -1.10. The second kappa shape index (κ2) is 8.08. The highest BCUT2D eigenvalue weighted by atomic mass is 16.2. The number of nitrogens with zero attached hydrogens (tertiary/aromatic N) is 1. The fourth-order valence-electron chi connectivity index (χ4n) is 2.44. The van der Waals surface area contributed by atoms with Crippen LogP contribution < -0.4 is 11.5 Å². The lowest BCUT2D eigenvalue weighted by Crippen LogP contribution is -2.50. The summed E-state index contributed by atoms with van der Waals surface area (Å²) in [5.74, 6) is -0.515. The fraction of sp³-hybridized carbons (Fsp3) is 0.846. The zero-order valence-electron chi connectivity index (χ0n) is 11.9. The van der Waals surface area contributed by atoms with Gasteiger partial charge in [-0.15, -0.1) is 0 Å². The van der Waals surface area contributed by atoms with E-state index in [0.29, 0.717) is 13.1 Å². The SMILES string of the molecule is CCCC(CN)(CCC)C(=O)N(CC)CC(N)=O. The van der Waals surface area contributed by atoms with Crippen LogP contribution in [0.15, 0.2) is 0 Å². The molecule has 0 fully saturated rings. The van der Waals surface area contributed by atoms with Gasteiger partial charge in [0, 0.05) is 13.1 Å². The third-order valence-corrected chi connectivity index (χ3v) is 3.32. The van der Waals surface area contributed by atoms with E-state index in [4.69, 9.17) is 11.5 Å². The standard InChI is InChI=1S/C13H27N3O2/c1-4-7-13(10-14,8-5-2)12(18)16(6-3)9-11(15)17/h4-10,14H2,1-3H3,(H2,15,17). The molecule has 0 aliphatic heterocycles. The van der Waals surface area contributed by atoms with Crippen molar-refractivity contribution in [3.63, 3.8) is 0 Å². The van der Waals surface area contributed by atoms with Gasteiger partial charge in [0.2, 0.25) is 11.8 Å². The monoisotopic (exact) mass is 257 g/mol. The van der Waals surface area contributed by atoms with Crippen LogP contribution in [0.1, 0.15) is 46.5 Å². The fourth-order valence-corrected chi connectivity index (χ4v) is 2.44. The van der Waals surface area contributed by atoms with Gasteiger partial charge < -0.3 is 16.4 Å². The third-order valence-electron chi connectivity index (χ3n) is 3.32. The topological polar surface area (TPSA) is 89.4 Å². The Bertz CT molecular complexity index is 273. The van der Waals surface area contributed by atoms with Gasteiger partial charge in [0.05, 0.1) is 12.0 Å². The molecule has 0 atom stereocenters. The predicted molar refractivity (Wildman–Crippen MR) is 72.8 cm³/mol. The minimum absolute atomic E-state index is 0.0233. The van der Waals surface area contributed by atoms with Gasteiger partial charge in [-0.05, 0) is 19.8 Å². The molecule has 0 saturated heterocycles. The molecule has 106 valence electrons. The summed E-state index contributed by atoms with van der Waals surface area (Å²) in [6, 6.07) is 0. The first-order valence-electron chi connectivity index (χ1n) is 6.75. The highest BCUT2D eigenvalue weighted by molar-refractivity contribution is 5.87. The molecule has 0 aliphatic rings.